The maximum atomic E-state index is 9.29. The van der Waals surface area contributed by atoms with Crippen molar-refractivity contribution in [2.45, 2.75) is 37.0 Å². The highest BCUT2D eigenvalue weighted by molar-refractivity contribution is 5.41. The van der Waals surface area contributed by atoms with Crippen LogP contribution in [-0.2, 0) is 5.41 Å². The Balaban J connectivity index is 1.82. The minimum absolute atomic E-state index is 0.137. The van der Waals surface area contributed by atoms with Crippen LogP contribution in [0.5, 0.6) is 0 Å². The Labute approximate surface area is 109 Å². The lowest BCUT2D eigenvalue weighted by molar-refractivity contribution is 0.255. The monoisotopic (exact) mass is 240 g/mol. The normalized spacial score (nSPS) is 23.6. The van der Waals surface area contributed by atoms with Crippen molar-refractivity contribution in [3.63, 3.8) is 0 Å². The lowest BCUT2D eigenvalue weighted by Crippen LogP contribution is -2.29. The van der Waals surface area contributed by atoms with Gasteiger partial charge in [-0.1, -0.05) is 24.3 Å². The van der Waals surface area contributed by atoms with E-state index >= 15 is 0 Å². The standard InChI is InChI=1S/C16H20N2/c1-18-9-5-13(6-10-18)14-3-2-4-15(11-14)16(12-17)7-8-16/h2-4,11,13H,5-10H2,1H3. The van der Waals surface area contributed by atoms with E-state index in [2.05, 4.69) is 42.3 Å². The molecule has 2 fully saturated rings. The number of rotatable bonds is 2. The highest BCUT2D eigenvalue weighted by Gasteiger charge is 2.44. The van der Waals surface area contributed by atoms with E-state index in [1.165, 1.54) is 37.1 Å². The van der Waals surface area contributed by atoms with Gasteiger partial charge in [0.25, 0.3) is 0 Å². The highest BCUT2D eigenvalue weighted by atomic mass is 15.1. The molecule has 0 bridgehead atoms. The zero-order valence-electron chi connectivity index (χ0n) is 11.0. The molecule has 2 nitrogen and oxygen atoms in total. The van der Waals surface area contributed by atoms with Crippen LogP contribution in [0, 0.1) is 11.3 Å². The largest absolute Gasteiger partial charge is 0.306 e. The van der Waals surface area contributed by atoms with Gasteiger partial charge in [0.05, 0.1) is 11.5 Å². The molecule has 0 amide bonds. The van der Waals surface area contributed by atoms with Crippen LogP contribution in [-0.4, -0.2) is 25.0 Å². The van der Waals surface area contributed by atoms with Crippen molar-refractivity contribution in [2.24, 2.45) is 0 Å². The number of nitrogens with zero attached hydrogens (tertiary/aromatic N) is 2. The summed E-state index contributed by atoms with van der Waals surface area (Å²) in [4.78, 5) is 2.40. The molecule has 0 spiro atoms. The summed E-state index contributed by atoms with van der Waals surface area (Å²) in [5.41, 5.74) is 2.56. The summed E-state index contributed by atoms with van der Waals surface area (Å²) in [6.45, 7) is 2.39. The third kappa shape index (κ3) is 2.04. The lowest BCUT2D eigenvalue weighted by atomic mass is 9.86. The molecule has 3 rings (SSSR count). The Morgan fingerprint density at radius 3 is 2.61 bits per heavy atom. The molecule has 18 heavy (non-hydrogen) atoms. The van der Waals surface area contributed by atoms with Gasteiger partial charge < -0.3 is 4.90 Å². The van der Waals surface area contributed by atoms with Gasteiger partial charge in [-0.3, -0.25) is 0 Å². The van der Waals surface area contributed by atoms with Crippen LogP contribution >= 0.6 is 0 Å². The number of piperidine rings is 1. The summed E-state index contributed by atoms with van der Waals surface area (Å²) in [5, 5.41) is 9.29. The van der Waals surface area contributed by atoms with Gasteiger partial charge in [-0.15, -0.1) is 0 Å². The molecule has 0 aromatic heterocycles. The van der Waals surface area contributed by atoms with E-state index < -0.39 is 0 Å². The second kappa shape index (κ2) is 4.40. The third-order valence-corrected chi connectivity index (χ3v) is 4.59. The summed E-state index contributed by atoms with van der Waals surface area (Å²) < 4.78 is 0. The molecular weight excluding hydrogens is 220 g/mol. The van der Waals surface area contributed by atoms with Gasteiger partial charge in [0, 0.05) is 0 Å². The van der Waals surface area contributed by atoms with E-state index in [9.17, 15) is 5.26 Å². The average Bonchev–Trinajstić information content (AvgIpc) is 3.21. The van der Waals surface area contributed by atoms with Gasteiger partial charge in [0.15, 0.2) is 0 Å². The van der Waals surface area contributed by atoms with E-state index in [0.717, 1.165) is 12.8 Å². The van der Waals surface area contributed by atoms with Crippen molar-refractivity contribution in [2.75, 3.05) is 20.1 Å². The first-order valence-corrected chi connectivity index (χ1v) is 6.94. The van der Waals surface area contributed by atoms with E-state index in [4.69, 9.17) is 0 Å². The van der Waals surface area contributed by atoms with E-state index in [1.807, 2.05) is 0 Å². The zero-order valence-corrected chi connectivity index (χ0v) is 11.0. The molecule has 2 aliphatic rings. The Hall–Kier alpha value is -1.33. The average molecular weight is 240 g/mol. The van der Waals surface area contributed by atoms with E-state index in [-0.39, 0.29) is 5.41 Å². The summed E-state index contributed by atoms with van der Waals surface area (Å²) >= 11 is 0. The van der Waals surface area contributed by atoms with Crippen LogP contribution in [0.2, 0.25) is 0 Å². The SMILES string of the molecule is CN1CCC(c2cccc(C3(C#N)CC3)c2)CC1. The molecule has 0 atom stereocenters. The summed E-state index contributed by atoms with van der Waals surface area (Å²) in [5.74, 6) is 0.690. The maximum absolute atomic E-state index is 9.29. The topological polar surface area (TPSA) is 27.0 Å². The molecule has 1 aliphatic heterocycles. The van der Waals surface area contributed by atoms with Gasteiger partial charge >= 0.3 is 0 Å². The summed E-state index contributed by atoms with van der Waals surface area (Å²) in [6.07, 6.45) is 4.58. The van der Waals surface area contributed by atoms with Crippen LogP contribution in [0.4, 0.5) is 0 Å². The number of hydrogen-bond acceptors (Lipinski definition) is 2. The first kappa shape index (κ1) is 11.7. The first-order valence-electron chi connectivity index (χ1n) is 6.94. The van der Waals surface area contributed by atoms with Crippen molar-refractivity contribution < 1.29 is 0 Å². The van der Waals surface area contributed by atoms with Crippen LogP contribution in [0.15, 0.2) is 24.3 Å². The van der Waals surface area contributed by atoms with Crippen LogP contribution in [0.3, 0.4) is 0 Å². The molecule has 2 heteroatoms. The number of nitriles is 1. The molecule has 1 heterocycles. The maximum Gasteiger partial charge on any atom is 0.0823 e. The minimum Gasteiger partial charge on any atom is -0.306 e. The molecule has 1 saturated heterocycles. The van der Waals surface area contributed by atoms with Gasteiger partial charge in [-0.05, 0) is 62.9 Å². The molecule has 1 aromatic rings. The minimum atomic E-state index is -0.137. The number of hydrogen-bond donors (Lipinski definition) is 0. The molecule has 1 aliphatic carbocycles. The fourth-order valence-corrected chi connectivity index (χ4v) is 3.02. The van der Waals surface area contributed by atoms with Crippen molar-refractivity contribution >= 4 is 0 Å². The van der Waals surface area contributed by atoms with Gasteiger partial charge in [0.1, 0.15) is 0 Å². The summed E-state index contributed by atoms with van der Waals surface area (Å²) in [6, 6.07) is 11.3. The van der Waals surface area contributed by atoms with Crippen molar-refractivity contribution in [1.29, 1.82) is 5.26 Å². The van der Waals surface area contributed by atoms with Gasteiger partial charge in [-0.2, -0.15) is 5.26 Å². The predicted molar refractivity (Wildman–Crippen MR) is 72.4 cm³/mol. The second-order valence-corrected chi connectivity index (χ2v) is 5.90. The molecule has 1 aromatic carbocycles. The van der Waals surface area contributed by atoms with Crippen molar-refractivity contribution in [3.05, 3.63) is 35.4 Å². The number of benzene rings is 1. The summed E-state index contributed by atoms with van der Waals surface area (Å²) in [7, 11) is 2.20. The first-order chi connectivity index (χ1) is 8.73. The molecule has 0 N–H and O–H groups in total. The second-order valence-electron chi connectivity index (χ2n) is 5.90. The number of likely N-dealkylation sites (tertiary alicyclic amines) is 1. The van der Waals surface area contributed by atoms with E-state index in [0.29, 0.717) is 5.92 Å². The van der Waals surface area contributed by atoms with Gasteiger partial charge in [-0.25, -0.2) is 0 Å². The third-order valence-electron chi connectivity index (χ3n) is 4.59. The van der Waals surface area contributed by atoms with Gasteiger partial charge in [0.2, 0.25) is 0 Å². The van der Waals surface area contributed by atoms with E-state index in [1.54, 1.807) is 0 Å². The highest BCUT2D eigenvalue weighted by Crippen LogP contribution is 2.48. The molecule has 1 saturated carbocycles. The fraction of sp³-hybridized carbons (Fsp3) is 0.562. The molecule has 94 valence electrons. The Morgan fingerprint density at radius 2 is 2.00 bits per heavy atom. The Morgan fingerprint density at radius 1 is 1.28 bits per heavy atom. The molecule has 0 radical (unpaired) electrons. The zero-order chi connectivity index (χ0) is 12.6. The fourth-order valence-electron chi connectivity index (χ4n) is 3.02. The Kier molecular flexibility index (Phi) is 2.87. The van der Waals surface area contributed by atoms with Crippen molar-refractivity contribution in [1.82, 2.24) is 4.90 Å². The van der Waals surface area contributed by atoms with Crippen LogP contribution in [0.25, 0.3) is 0 Å². The quantitative estimate of drug-likeness (QED) is 0.794. The molecule has 0 unspecified atom stereocenters. The lowest BCUT2D eigenvalue weighted by Gasteiger charge is -2.29. The molecular formula is C16H20N2. The Bertz CT molecular complexity index is 474. The van der Waals surface area contributed by atoms with Crippen LogP contribution in [0.1, 0.15) is 42.7 Å². The van der Waals surface area contributed by atoms with Crippen LogP contribution < -0.4 is 0 Å². The predicted octanol–water partition coefficient (Wildman–Crippen LogP) is 3.05. The van der Waals surface area contributed by atoms with Crippen molar-refractivity contribution in [3.8, 4) is 6.07 Å². The smallest absolute Gasteiger partial charge is 0.0823 e.